The number of carboxylic acid groups (broad SMARTS) is 1. The molecule has 1 saturated heterocycles. The predicted molar refractivity (Wildman–Crippen MR) is 72.4 cm³/mol. The van der Waals surface area contributed by atoms with Crippen LogP contribution >= 0.6 is 0 Å². The average Bonchev–Trinajstić information content (AvgIpc) is 2.80. The molecule has 3 N–H and O–H groups in total. The molecule has 0 aromatic heterocycles. The molecule has 2 rings (SSSR count). The summed E-state index contributed by atoms with van der Waals surface area (Å²) in [5.74, 6) is -1.10. The highest BCUT2D eigenvalue weighted by Crippen LogP contribution is 2.23. The van der Waals surface area contributed by atoms with Crippen LogP contribution in [0, 0.1) is 6.92 Å². The molecule has 0 radical (unpaired) electrons. The number of carbonyl (C=O) groups excluding carboxylic acids is 1. The summed E-state index contributed by atoms with van der Waals surface area (Å²) in [5.41, 5.74) is 0.776. The standard InChI is InChI=1S/C14H18N2O3/c1-9-10(12(17)18)5-3-6-11(9)16-13(19)14(2)7-4-8-15-14/h3,5-6,15H,4,7-8H2,1-2H3,(H,16,19)(H,17,18). The summed E-state index contributed by atoms with van der Waals surface area (Å²) in [4.78, 5) is 23.3. The number of amides is 1. The van der Waals surface area contributed by atoms with E-state index < -0.39 is 11.5 Å². The van der Waals surface area contributed by atoms with E-state index in [9.17, 15) is 9.59 Å². The first-order valence-electron chi connectivity index (χ1n) is 6.33. The second-order valence-corrected chi connectivity index (χ2v) is 5.10. The van der Waals surface area contributed by atoms with E-state index in [0.717, 1.165) is 19.4 Å². The molecule has 1 aliphatic rings. The maximum absolute atomic E-state index is 12.2. The van der Waals surface area contributed by atoms with Gasteiger partial charge in [-0.05, 0) is 50.9 Å². The van der Waals surface area contributed by atoms with Crippen LogP contribution in [0.3, 0.4) is 0 Å². The molecule has 1 aromatic rings. The van der Waals surface area contributed by atoms with Gasteiger partial charge in [-0.3, -0.25) is 4.79 Å². The lowest BCUT2D eigenvalue weighted by Crippen LogP contribution is -2.48. The monoisotopic (exact) mass is 262 g/mol. The quantitative estimate of drug-likeness (QED) is 0.775. The number of aromatic carboxylic acids is 1. The molecule has 1 amide bonds. The van der Waals surface area contributed by atoms with Crippen molar-refractivity contribution < 1.29 is 14.7 Å². The number of rotatable bonds is 3. The molecule has 19 heavy (non-hydrogen) atoms. The minimum absolute atomic E-state index is 0.115. The van der Waals surface area contributed by atoms with Gasteiger partial charge in [0.1, 0.15) is 0 Å². The van der Waals surface area contributed by atoms with Gasteiger partial charge in [-0.15, -0.1) is 0 Å². The van der Waals surface area contributed by atoms with E-state index in [1.165, 1.54) is 6.07 Å². The predicted octanol–water partition coefficient (Wildman–Crippen LogP) is 1.77. The van der Waals surface area contributed by atoms with Gasteiger partial charge in [0.2, 0.25) is 5.91 Å². The largest absolute Gasteiger partial charge is 0.478 e. The van der Waals surface area contributed by atoms with Gasteiger partial charge in [-0.2, -0.15) is 0 Å². The zero-order valence-electron chi connectivity index (χ0n) is 11.1. The maximum atomic E-state index is 12.2. The lowest BCUT2D eigenvalue weighted by atomic mass is 9.98. The van der Waals surface area contributed by atoms with Gasteiger partial charge >= 0.3 is 5.97 Å². The number of benzene rings is 1. The van der Waals surface area contributed by atoms with Gasteiger partial charge in [0.05, 0.1) is 11.1 Å². The second-order valence-electron chi connectivity index (χ2n) is 5.10. The Balaban J connectivity index is 2.22. The average molecular weight is 262 g/mol. The first-order chi connectivity index (χ1) is 8.94. The van der Waals surface area contributed by atoms with Gasteiger partial charge in [-0.1, -0.05) is 6.07 Å². The third kappa shape index (κ3) is 2.61. The highest BCUT2D eigenvalue weighted by Gasteiger charge is 2.36. The molecule has 102 valence electrons. The Hall–Kier alpha value is -1.88. The van der Waals surface area contributed by atoms with Gasteiger partial charge in [0.15, 0.2) is 0 Å². The molecular weight excluding hydrogens is 244 g/mol. The van der Waals surface area contributed by atoms with Crippen molar-refractivity contribution in [3.8, 4) is 0 Å². The third-order valence-electron chi connectivity index (χ3n) is 3.68. The maximum Gasteiger partial charge on any atom is 0.336 e. The fourth-order valence-corrected chi connectivity index (χ4v) is 2.35. The summed E-state index contributed by atoms with van der Waals surface area (Å²) in [5, 5.41) is 15.1. The molecule has 1 fully saturated rings. The SMILES string of the molecule is Cc1c(NC(=O)C2(C)CCCN2)cccc1C(=O)O. The normalized spacial score (nSPS) is 22.2. The van der Waals surface area contributed by atoms with Gasteiger partial charge in [-0.25, -0.2) is 4.79 Å². The van der Waals surface area contributed by atoms with Crippen molar-refractivity contribution in [2.75, 3.05) is 11.9 Å². The van der Waals surface area contributed by atoms with Gasteiger partial charge in [0, 0.05) is 5.69 Å². The van der Waals surface area contributed by atoms with Crippen LogP contribution < -0.4 is 10.6 Å². The molecule has 0 spiro atoms. The second kappa shape index (κ2) is 5.01. The van der Waals surface area contributed by atoms with Crippen LogP contribution in [0.25, 0.3) is 0 Å². The Morgan fingerprint density at radius 3 is 2.74 bits per heavy atom. The minimum Gasteiger partial charge on any atom is -0.478 e. The van der Waals surface area contributed by atoms with E-state index in [1.54, 1.807) is 19.1 Å². The molecule has 5 heteroatoms. The topological polar surface area (TPSA) is 78.4 Å². The van der Waals surface area contributed by atoms with Crippen LogP contribution in [0.2, 0.25) is 0 Å². The molecule has 0 bridgehead atoms. The smallest absolute Gasteiger partial charge is 0.336 e. The van der Waals surface area contributed by atoms with Gasteiger partial charge < -0.3 is 15.7 Å². The highest BCUT2D eigenvalue weighted by molar-refractivity contribution is 6.00. The van der Waals surface area contributed by atoms with Crippen molar-refractivity contribution in [2.24, 2.45) is 0 Å². The summed E-state index contributed by atoms with van der Waals surface area (Å²) in [7, 11) is 0. The summed E-state index contributed by atoms with van der Waals surface area (Å²) < 4.78 is 0. The van der Waals surface area contributed by atoms with Crippen molar-refractivity contribution in [1.82, 2.24) is 5.32 Å². The molecule has 1 atom stereocenters. The van der Waals surface area contributed by atoms with Crippen molar-refractivity contribution in [2.45, 2.75) is 32.2 Å². The Bertz CT molecular complexity index is 519. The van der Waals surface area contributed by atoms with E-state index in [0.29, 0.717) is 11.3 Å². The zero-order valence-corrected chi connectivity index (χ0v) is 11.1. The van der Waals surface area contributed by atoms with Crippen LogP contribution in [-0.4, -0.2) is 29.1 Å². The molecule has 1 unspecified atom stereocenters. The van der Waals surface area contributed by atoms with Crippen molar-refractivity contribution >= 4 is 17.6 Å². The van der Waals surface area contributed by atoms with Crippen molar-refractivity contribution in [3.63, 3.8) is 0 Å². The van der Waals surface area contributed by atoms with Crippen LogP contribution in [0.15, 0.2) is 18.2 Å². The minimum atomic E-state index is -0.987. The van der Waals surface area contributed by atoms with E-state index in [4.69, 9.17) is 5.11 Å². The first-order valence-corrected chi connectivity index (χ1v) is 6.33. The molecule has 5 nitrogen and oxygen atoms in total. The van der Waals surface area contributed by atoms with E-state index >= 15 is 0 Å². The summed E-state index contributed by atoms with van der Waals surface area (Å²) in [6.07, 6.45) is 1.76. The lowest BCUT2D eigenvalue weighted by Gasteiger charge is -2.23. The number of hydrogen-bond donors (Lipinski definition) is 3. The van der Waals surface area contributed by atoms with Crippen LogP contribution in [-0.2, 0) is 4.79 Å². The Morgan fingerprint density at radius 1 is 1.42 bits per heavy atom. The van der Waals surface area contributed by atoms with Crippen molar-refractivity contribution in [1.29, 1.82) is 0 Å². The molecule has 1 aliphatic heterocycles. The van der Waals surface area contributed by atoms with Crippen molar-refractivity contribution in [3.05, 3.63) is 29.3 Å². The first kappa shape index (κ1) is 13.5. The fraction of sp³-hybridized carbons (Fsp3) is 0.429. The zero-order chi connectivity index (χ0) is 14.0. The van der Waals surface area contributed by atoms with E-state index in [2.05, 4.69) is 10.6 Å². The molecule has 0 aliphatic carbocycles. The number of carbonyl (C=O) groups is 2. The molecule has 1 heterocycles. The molecule has 1 aromatic carbocycles. The fourth-order valence-electron chi connectivity index (χ4n) is 2.35. The summed E-state index contributed by atoms with van der Waals surface area (Å²) in [6.45, 7) is 4.40. The molecular formula is C14H18N2O3. The summed E-state index contributed by atoms with van der Waals surface area (Å²) >= 11 is 0. The highest BCUT2D eigenvalue weighted by atomic mass is 16.4. The Morgan fingerprint density at radius 2 is 2.16 bits per heavy atom. The van der Waals surface area contributed by atoms with Crippen LogP contribution in [0.4, 0.5) is 5.69 Å². The van der Waals surface area contributed by atoms with E-state index in [-0.39, 0.29) is 11.5 Å². The lowest BCUT2D eigenvalue weighted by molar-refractivity contribution is -0.121. The Labute approximate surface area is 112 Å². The van der Waals surface area contributed by atoms with Gasteiger partial charge in [0.25, 0.3) is 0 Å². The number of nitrogens with one attached hydrogen (secondary N) is 2. The molecule has 0 saturated carbocycles. The summed E-state index contributed by atoms with van der Waals surface area (Å²) in [6, 6.07) is 4.89. The van der Waals surface area contributed by atoms with Crippen LogP contribution in [0.1, 0.15) is 35.7 Å². The third-order valence-corrected chi connectivity index (χ3v) is 3.68. The number of carboxylic acids is 1. The number of anilines is 1. The number of hydrogen-bond acceptors (Lipinski definition) is 3. The van der Waals surface area contributed by atoms with E-state index in [1.807, 2.05) is 6.92 Å². The Kier molecular flexibility index (Phi) is 3.57. The van der Waals surface area contributed by atoms with Crippen LogP contribution in [0.5, 0.6) is 0 Å².